The summed E-state index contributed by atoms with van der Waals surface area (Å²) in [7, 11) is 0. The number of hydrogen-bond acceptors (Lipinski definition) is 2. The molecule has 94 valence electrons. The molecule has 2 unspecified atom stereocenters. The first kappa shape index (κ1) is 12.7. The standard InChI is InChI=1S/C14H21BrN2/c1-10-5-3-2-4-6-13(10)17-14-8-7-11(16)9-12(14)15/h7-10,13,17H,2-6,16H2,1H3. The molecule has 1 fully saturated rings. The van der Waals surface area contributed by atoms with E-state index in [0.29, 0.717) is 6.04 Å². The minimum atomic E-state index is 0.595. The van der Waals surface area contributed by atoms with Crippen LogP contribution < -0.4 is 11.1 Å². The minimum absolute atomic E-state index is 0.595. The molecule has 0 aromatic heterocycles. The average molecular weight is 297 g/mol. The van der Waals surface area contributed by atoms with Crippen LogP contribution in [0.1, 0.15) is 39.0 Å². The van der Waals surface area contributed by atoms with E-state index in [1.54, 1.807) is 0 Å². The van der Waals surface area contributed by atoms with E-state index in [1.807, 2.05) is 12.1 Å². The lowest BCUT2D eigenvalue weighted by Crippen LogP contribution is -2.26. The van der Waals surface area contributed by atoms with Crippen molar-refractivity contribution in [3.63, 3.8) is 0 Å². The van der Waals surface area contributed by atoms with E-state index in [9.17, 15) is 0 Å². The predicted molar refractivity (Wildman–Crippen MR) is 78.2 cm³/mol. The molecule has 0 bridgehead atoms. The molecular weight excluding hydrogens is 276 g/mol. The number of rotatable bonds is 2. The van der Waals surface area contributed by atoms with Crippen molar-refractivity contribution < 1.29 is 0 Å². The smallest absolute Gasteiger partial charge is 0.0488 e. The topological polar surface area (TPSA) is 38.0 Å². The van der Waals surface area contributed by atoms with E-state index in [1.165, 1.54) is 32.1 Å². The van der Waals surface area contributed by atoms with Crippen LogP contribution in [0.5, 0.6) is 0 Å². The van der Waals surface area contributed by atoms with Gasteiger partial charge in [0.25, 0.3) is 0 Å². The van der Waals surface area contributed by atoms with Gasteiger partial charge in [-0.15, -0.1) is 0 Å². The highest BCUT2D eigenvalue weighted by molar-refractivity contribution is 9.10. The van der Waals surface area contributed by atoms with Gasteiger partial charge >= 0.3 is 0 Å². The molecule has 0 radical (unpaired) electrons. The Bertz CT molecular complexity index is 378. The maximum Gasteiger partial charge on any atom is 0.0488 e. The van der Waals surface area contributed by atoms with E-state index in [4.69, 9.17) is 5.73 Å². The first-order valence-electron chi connectivity index (χ1n) is 6.48. The summed E-state index contributed by atoms with van der Waals surface area (Å²) in [5.41, 5.74) is 7.72. The van der Waals surface area contributed by atoms with Crippen molar-refractivity contribution in [2.45, 2.75) is 45.1 Å². The molecule has 2 atom stereocenters. The quantitative estimate of drug-likeness (QED) is 0.626. The summed E-state index contributed by atoms with van der Waals surface area (Å²) in [6, 6.07) is 6.58. The molecule has 3 N–H and O–H groups in total. The van der Waals surface area contributed by atoms with Crippen LogP contribution in [0.25, 0.3) is 0 Å². The van der Waals surface area contributed by atoms with Gasteiger partial charge in [0.15, 0.2) is 0 Å². The zero-order valence-electron chi connectivity index (χ0n) is 10.4. The van der Waals surface area contributed by atoms with E-state index in [2.05, 4.69) is 34.2 Å². The maximum atomic E-state index is 5.76. The number of nitrogens with two attached hydrogens (primary N) is 1. The van der Waals surface area contributed by atoms with Crippen LogP contribution in [0.15, 0.2) is 22.7 Å². The van der Waals surface area contributed by atoms with Gasteiger partial charge in [-0.25, -0.2) is 0 Å². The van der Waals surface area contributed by atoms with Crippen molar-refractivity contribution in [2.24, 2.45) is 5.92 Å². The largest absolute Gasteiger partial charge is 0.399 e. The monoisotopic (exact) mass is 296 g/mol. The second kappa shape index (κ2) is 5.76. The molecule has 0 heterocycles. The lowest BCUT2D eigenvalue weighted by atomic mass is 9.97. The van der Waals surface area contributed by atoms with Gasteiger partial charge < -0.3 is 11.1 Å². The van der Waals surface area contributed by atoms with Crippen molar-refractivity contribution in [1.29, 1.82) is 0 Å². The number of nitrogens with one attached hydrogen (secondary N) is 1. The van der Waals surface area contributed by atoms with Gasteiger partial charge in [0.05, 0.1) is 0 Å². The van der Waals surface area contributed by atoms with Crippen LogP contribution in [0.4, 0.5) is 11.4 Å². The molecule has 2 rings (SSSR count). The van der Waals surface area contributed by atoms with Gasteiger partial charge in [-0.1, -0.05) is 26.2 Å². The Morgan fingerprint density at radius 2 is 2.00 bits per heavy atom. The summed E-state index contributed by atoms with van der Waals surface area (Å²) in [6.07, 6.45) is 6.71. The first-order valence-corrected chi connectivity index (χ1v) is 7.27. The Morgan fingerprint density at radius 1 is 1.24 bits per heavy atom. The Balaban J connectivity index is 2.08. The number of benzene rings is 1. The minimum Gasteiger partial charge on any atom is -0.399 e. The predicted octanol–water partition coefficient (Wildman–Crippen LogP) is 4.41. The van der Waals surface area contributed by atoms with Gasteiger partial charge in [-0.05, 0) is 52.9 Å². The highest BCUT2D eigenvalue weighted by atomic mass is 79.9. The summed E-state index contributed by atoms with van der Waals surface area (Å²) in [5.74, 6) is 0.752. The van der Waals surface area contributed by atoms with Crippen molar-refractivity contribution in [2.75, 3.05) is 11.1 Å². The van der Waals surface area contributed by atoms with Crippen molar-refractivity contribution in [3.05, 3.63) is 22.7 Å². The number of nitrogen functional groups attached to an aromatic ring is 1. The fourth-order valence-corrected chi connectivity index (χ4v) is 3.07. The van der Waals surface area contributed by atoms with Crippen LogP contribution in [0, 0.1) is 5.92 Å². The second-order valence-electron chi connectivity index (χ2n) is 5.11. The molecule has 1 aromatic carbocycles. The molecule has 2 nitrogen and oxygen atoms in total. The first-order chi connectivity index (χ1) is 8.16. The normalized spacial score (nSPS) is 25.3. The summed E-state index contributed by atoms with van der Waals surface area (Å²) in [6.45, 7) is 2.36. The number of halogens is 1. The zero-order valence-corrected chi connectivity index (χ0v) is 12.0. The molecule has 1 aromatic rings. The summed E-state index contributed by atoms with van der Waals surface area (Å²) < 4.78 is 1.06. The molecule has 0 saturated heterocycles. The Labute approximate surface area is 112 Å². The molecule has 1 aliphatic carbocycles. The molecule has 0 aliphatic heterocycles. The Kier molecular flexibility index (Phi) is 4.32. The van der Waals surface area contributed by atoms with Gasteiger partial charge in [0.1, 0.15) is 0 Å². The molecule has 17 heavy (non-hydrogen) atoms. The highest BCUT2D eigenvalue weighted by Gasteiger charge is 2.20. The molecule has 1 aliphatic rings. The fraction of sp³-hybridized carbons (Fsp3) is 0.571. The average Bonchev–Trinajstić information content (AvgIpc) is 2.48. The third kappa shape index (κ3) is 3.38. The van der Waals surface area contributed by atoms with Crippen molar-refractivity contribution >= 4 is 27.3 Å². The van der Waals surface area contributed by atoms with Crippen molar-refractivity contribution in [1.82, 2.24) is 0 Å². The summed E-state index contributed by atoms with van der Waals surface area (Å²) in [5, 5.41) is 3.66. The maximum absolute atomic E-state index is 5.76. The fourth-order valence-electron chi connectivity index (χ4n) is 2.56. The second-order valence-corrected chi connectivity index (χ2v) is 5.96. The molecule has 1 saturated carbocycles. The lowest BCUT2D eigenvalue weighted by molar-refractivity contribution is 0.456. The highest BCUT2D eigenvalue weighted by Crippen LogP contribution is 2.30. The van der Waals surface area contributed by atoms with E-state index >= 15 is 0 Å². The molecule has 0 amide bonds. The number of anilines is 2. The Morgan fingerprint density at radius 3 is 2.76 bits per heavy atom. The summed E-state index contributed by atoms with van der Waals surface area (Å²) >= 11 is 3.57. The van der Waals surface area contributed by atoms with Gasteiger partial charge in [-0.3, -0.25) is 0 Å². The molecular formula is C14H21BrN2. The van der Waals surface area contributed by atoms with Crippen LogP contribution in [0.3, 0.4) is 0 Å². The van der Waals surface area contributed by atoms with Crippen LogP contribution >= 0.6 is 15.9 Å². The third-order valence-electron chi connectivity index (χ3n) is 3.70. The Hall–Kier alpha value is -0.700. The lowest BCUT2D eigenvalue weighted by Gasteiger charge is -2.24. The van der Waals surface area contributed by atoms with Gasteiger partial charge in [-0.2, -0.15) is 0 Å². The van der Waals surface area contributed by atoms with Crippen LogP contribution in [-0.4, -0.2) is 6.04 Å². The summed E-state index contributed by atoms with van der Waals surface area (Å²) in [4.78, 5) is 0. The van der Waals surface area contributed by atoms with E-state index in [-0.39, 0.29) is 0 Å². The zero-order chi connectivity index (χ0) is 12.3. The third-order valence-corrected chi connectivity index (χ3v) is 4.35. The van der Waals surface area contributed by atoms with E-state index in [0.717, 1.165) is 21.8 Å². The molecule has 0 spiro atoms. The number of hydrogen-bond donors (Lipinski definition) is 2. The molecule has 3 heteroatoms. The van der Waals surface area contributed by atoms with Crippen LogP contribution in [-0.2, 0) is 0 Å². The van der Waals surface area contributed by atoms with Crippen molar-refractivity contribution in [3.8, 4) is 0 Å². The van der Waals surface area contributed by atoms with Crippen LogP contribution in [0.2, 0.25) is 0 Å². The van der Waals surface area contributed by atoms with E-state index < -0.39 is 0 Å². The van der Waals surface area contributed by atoms with Gasteiger partial charge in [0, 0.05) is 21.9 Å². The SMILES string of the molecule is CC1CCCCCC1Nc1ccc(N)cc1Br. The van der Waals surface area contributed by atoms with Gasteiger partial charge in [0.2, 0.25) is 0 Å².